The number of benzene rings is 3. The Labute approximate surface area is 272 Å². The molecule has 45 heavy (non-hydrogen) atoms. The zero-order valence-corrected chi connectivity index (χ0v) is 27.7. The van der Waals surface area contributed by atoms with Gasteiger partial charge in [0.1, 0.15) is 12.4 Å². The van der Waals surface area contributed by atoms with Gasteiger partial charge in [-0.25, -0.2) is 0 Å². The zero-order valence-electron chi connectivity index (χ0n) is 26.9. The SMILES string of the molecule is CCCC(CCC)c1ccc(OCc2ccc(-c3ccc(CN(CC(=O)O)CC(=O)Nc4ccc(C(C)C)cc4)s3)cc2)cc1. The van der Waals surface area contributed by atoms with Crippen molar-refractivity contribution in [3.63, 3.8) is 0 Å². The Hall–Kier alpha value is -3.94. The van der Waals surface area contributed by atoms with Crippen LogP contribution in [0.3, 0.4) is 0 Å². The van der Waals surface area contributed by atoms with E-state index in [1.807, 2.05) is 36.4 Å². The van der Waals surface area contributed by atoms with Gasteiger partial charge < -0.3 is 15.2 Å². The van der Waals surface area contributed by atoms with Gasteiger partial charge in [0, 0.05) is 22.0 Å². The largest absolute Gasteiger partial charge is 0.489 e. The molecular weight excluding hydrogens is 580 g/mol. The van der Waals surface area contributed by atoms with Gasteiger partial charge in [0.2, 0.25) is 5.91 Å². The second-order valence-electron chi connectivity index (χ2n) is 12.0. The number of hydrogen-bond acceptors (Lipinski definition) is 5. The van der Waals surface area contributed by atoms with E-state index < -0.39 is 5.97 Å². The van der Waals surface area contributed by atoms with Gasteiger partial charge >= 0.3 is 5.97 Å². The Bertz CT molecular complexity index is 1490. The van der Waals surface area contributed by atoms with Crippen LogP contribution < -0.4 is 10.1 Å². The van der Waals surface area contributed by atoms with E-state index >= 15 is 0 Å². The molecule has 0 bridgehead atoms. The molecule has 0 fully saturated rings. The first kappa shape index (κ1) is 33.9. The molecule has 0 atom stereocenters. The van der Waals surface area contributed by atoms with Crippen molar-refractivity contribution >= 4 is 28.9 Å². The van der Waals surface area contributed by atoms with Gasteiger partial charge in [-0.1, -0.05) is 89.1 Å². The summed E-state index contributed by atoms with van der Waals surface area (Å²) in [6.45, 7) is 9.37. The van der Waals surface area contributed by atoms with Gasteiger partial charge in [0.05, 0.1) is 13.1 Å². The minimum atomic E-state index is -0.966. The molecule has 7 heteroatoms. The van der Waals surface area contributed by atoms with E-state index in [9.17, 15) is 14.7 Å². The average molecular weight is 627 g/mol. The second-order valence-corrected chi connectivity index (χ2v) is 13.1. The highest BCUT2D eigenvalue weighted by atomic mass is 32.1. The van der Waals surface area contributed by atoms with Gasteiger partial charge in [-0.2, -0.15) is 0 Å². The summed E-state index contributed by atoms with van der Waals surface area (Å²) in [6.07, 6.45) is 4.83. The van der Waals surface area contributed by atoms with Crippen LogP contribution >= 0.6 is 11.3 Å². The molecule has 1 heterocycles. The van der Waals surface area contributed by atoms with Crippen molar-refractivity contribution in [2.75, 3.05) is 18.4 Å². The zero-order chi connectivity index (χ0) is 32.2. The van der Waals surface area contributed by atoms with Gasteiger partial charge in [0.15, 0.2) is 0 Å². The van der Waals surface area contributed by atoms with E-state index in [1.165, 1.54) is 36.8 Å². The summed E-state index contributed by atoms with van der Waals surface area (Å²) in [4.78, 5) is 28.0. The van der Waals surface area contributed by atoms with Gasteiger partial charge in [0.25, 0.3) is 0 Å². The second kappa shape index (κ2) is 16.9. The van der Waals surface area contributed by atoms with Gasteiger partial charge in [-0.15, -0.1) is 11.3 Å². The van der Waals surface area contributed by atoms with Crippen molar-refractivity contribution in [2.24, 2.45) is 0 Å². The quantitative estimate of drug-likeness (QED) is 0.122. The highest BCUT2D eigenvalue weighted by molar-refractivity contribution is 7.15. The minimum Gasteiger partial charge on any atom is -0.489 e. The molecule has 4 rings (SSSR count). The number of aliphatic carboxylic acids is 1. The summed E-state index contributed by atoms with van der Waals surface area (Å²) in [7, 11) is 0. The number of carboxylic acids is 1. The molecule has 4 aromatic rings. The number of hydrogen-bond donors (Lipinski definition) is 2. The third kappa shape index (κ3) is 10.6. The number of nitrogens with one attached hydrogen (secondary N) is 1. The summed E-state index contributed by atoms with van der Waals surface area (Å²) in [6, 6.07) is 28.7. The normalized spacial score (nSPS) is 11.4. The number of nitrogens with zero attached hydrogens (tertiary/aromatic N) is 1. The number of carboxylic acid groups (broad SMARTS) is 1. The molecule has 3 aromatic carbocycles. The summed E-state index contributed by atoms with van der Waals surface area (Å²) < 4.78 is 6.07. The van der Waals surface area contributed by atoms with Crippen LogP contribution in [0, 0.1) is 0 Å². The Morgan fingerprint density at radius 2 is 1.47 bits per heavy atom. The number of ether oxygens (including phenoxy) is 1. The number of rotatable bonds is 17. The molecule has 0 aliphatic carbocycles. The van der Waals surface area contributed by atoms with Gasteiger partial charge in [-0.3, -0.25) is 14.5 Å². The maximum absolute atomic E-state index is 12.8. The number of carbonyl (C=O) groups excluding carboxylic acids is 1. The van der Waals surface area contributed by atoms with Crippen LogP contribution in [0.25, 0.3) is 10.4 Å². The standard InChI is InChI=1S/C38H46N2O4S/c1-5-7-30(8-6-2)31-15-19-34(20-16-31)44-26-28-9-11-32(12-10-28)36-22-21-35(45-36)23-40(25-38(42)43)24-37(41)39-33-17-13-29(14-18-33)27(3)4/h9-22,27,30H,5-8,23-26H2,1-4H3,(H,39,41)(H,42,43). The highest BCUT2D eigenvalue weighted by Gasteiger charge is 2.17. The van der Waals surface area contributed by atoms with Crippen LogP contribution in [-0.2, 0) is 22.7 Å². The van der Waals surface area contributed by atoms with Crippen molar-refractivity contribution in [1.82, 2.24) is 4.90 Å². The molecule has 0 saturated carbocycles. The molecule has 0 radical (unpaired) electrons. The smallest absolute Gasteiger partial charge is 0.317 e. The van der Waals surface area contributed by atoms with Crippen LogP contribution in [0.2, 0.25) is 0 Å². The average Bonchev–Trinajstić information content (AvgIpc) is 3.48. The van der Waals surface area contributed by atoms with Crippen molar-refractivity contribution in [2.45, 2.75) is 78.4 Å². The highest BCUT2D eigenvalue weighted by Crippen LogP contribution is 2.30. The number of anilines is 1. The Morgan fingerprint density at radius 3 is 2.07 bits per heavy atom. The van der Waals surface area contributed by atoms with Gasteiger partial charge in [-0.05, 0) is 83.3 Å². The lowest BCUT2D eigenvalue weighted by Crippen LogP contribution is -2.36. The van der Waals surface area contributed by atoms with E-state index in [0.29, 0.717) is 30.7 Å². The lowest BCUT2D eigenvalue weighted by molar-refractivity contribution is -0.138. The molecular formula is C38H46N2O4S. The van der Waals surface area contributed by atoms with E-state index in [1.54, 1.807) is 16.2 Å². The molecule has 1 amide bonds. The molecule has 0 unspecified atom stereocenters. The summed E-state index contributed by atoms with van der Waals surface area (Å²) in [5.74, 6) is 0.701. The fourth-order valence-electron chi connectivity index (χ4n) is 5.50. The first-order valence-electron chi connectivity index (χ1n) is 16.0. The van der Waals surface area contributed by atoms with Crippen LogP contribution in [0.1, 0.15) is 86.8 Å². The third-order valence-corrected chi connectivity index (χ3v) is 9.02. The predicted octanol–water partition coefficient (Wildman–Crippen LogP) is 9.33. The number of amides is 1. The monoisotopic (exact) mass is 626 g/mol. The summed E-state index contributed by atoms with van der Waals surface area (Å²) >= 11 is 1.61. The third-order valence-electron chi connectivity index (χ3n) is 7.90. The number of carbonyl (C=O) groups is 2. The Kier molecular flexibility index (Phi) is 12.8. The van der Waals surface area contributed by atoms with Crippen LogP contribution in [0.15, 0.2) is 84.9 Å². The fraction of sp³-hybridized carbons (Fsp3) is 0.368. The van der Waals surface area contributed by atoms with E-state index in [4.69, 9.17) is 4.74 Å². The Morgan fingerprint density at radius 1 is 0.822 bits per heavy atom. The maximum atomic E-state index is 12.8. The first-order valence-corrected chi connectivity index (χ1v) is 16.8. The lowest BCUT2D eigenvalue weighted by Gasteiger charge is -2.19. The summed E-state index contributed by atoms with van der Waals surface area (Å²) in [5.41, 5.74) is 5.47. The maximum Gasteiger partial charge on any atom is 0.317 e. The van der Waals surface area contributed by atoms with E-state index in [2.05, 4.69) is 81.5 Å². The van der Waals surface area contributed by atoms with Crippen LogP contribution in [0.5, 0.6) is 5.75 Å². The molecule has 0 saturated heterocycles. The molecule has 1 aromatic heterocycles. The van der Waals surface area contributed by atoms with Crippen LogP contribution in [-0.4, -0.2) is 35.0 Å². The van der Waals surface area contributed by atoms with Crippen LogP contribution in [0.4, 0.5) is 5.69 Å². The first-order chi connectivity index (χ1) is 21.7. The molecule has 0 aliphatic rings. The van der Waals surface area contributed by atoms with E-state index in [0.717, 1.165) is 26.6 Å². The molecule has 0 aliphatic heterocycles. The van der Waals surface area contributed by atoms with Crippen molar-refractivity contribution < 1.29 is 19.4 Å². The molecule has 6 nitrogen and oxygen atoms in total. The molecule has 238 valence electrons. The summed E-state index contributed by atoms with van der Waals surface area (Å²) in [5, 5.41) is 12.4. The molecule has 2 N–H and O–H groups in total. The topological polar surface area (TPSA) is 78.9 Å². The van der Waals surface area contributed by atoms with Crippen molar-refractivity contribution in [3.05, 3.63) is 106 Å². The fourth-order valence-corrected chi connectivity index (χ4v) is 6.55. The van der Waals surface area contributed by atoms with Crippen molar-refractivity contribution in [1.29, 1.82) is 0 Å². The number of thiophene rings is 1. The lowest BCUT2D eigenvalue weighted by atomic mass is 9.90. The van der Waals surface area contributed by atoms with Crippen molar-refractivity contribution in [3.8, 4) is 16.2 Å². The minimum absolute atomic E-state index is 0.0129. The molecule has 0 spiro atoms. The Balaban J connectivity index is 1.31. The van der Waals surface area contributed by atoms with E-state index in [-0.39, 0.29) is 19.0 Å². The predicted molar refractivity (Wildman–Crippen MR) is 185 cm³/mol.